The van der Waals surface area contributed by atoms with Crippen LogP contribution in [-0.4, -0.2) is 24.3 Å². The third kappa shape index (κ3) is 4.77. The molecule has 2 aromatic carbocycles. The molecule has 1 amide bonds. The maximum atomic E-state index is 12.4. The smallest absolute Gasteiger partial charge is 0.251 e. The number of hydrogen-bond donors (Lipinski definition) is 1. The zero-order valence-corrected chi connectivity index (χ0v) is 14.5. The van der Waals surface area contributed by atoms with E-state index in [-0.39, 0.29) is 5.91 Å². The van der Waals surface area contributed by atoms with Crippen LogP contribution in [0, 0.1) is 6.92 Å². The van der Waals surface area contributed by atoms with Gasteiger partial charge in [-0.25, -0.2) is 0 Å². The fraction of sp³-hybridized carbons (Fsp3) is 0.235. The van der Waals surface area contributed by atoms with Crippen LogP contribution in [0.4, 0.5) is 0 Å². The zero-order chi connectivity index (χ0) is 16.1. The summed E-state index contributed by atoms with van der Waals surface area (Å²) in [5, 5.41) is 3.62. The largest absolute Gasteiger partial charge is 0.348 e. The molecule has 2 aromatic rings. The minimum absolute atomic E-state index is 0.0707. The average molecular weight is 335 g/mol. The number of amides is 1. The van der Waals surface area contributed by atoms with Crippen LogP contribution < -0.4 is 5.32 Å². The number of rotatable bonds is 5. The highest BCUT2D eigenvalue weighted by Gasteiger charge is 2.10. The summed E-state index contributed by atoms with van der Waals surface area (Å²) in [4.78, 5) is 13.4. The lowest BCUT2D eigenvalue weighted by Gasteiger charge is -2.12. The summed E-state index contributed by atoms with van der Waals surface area (Å²) < 4.78 is 2.00. The predicted octanol–water partition coefficient (Wildman–Crippen LogP) is 4.15. The molecular weight excluding hydrogens is 316 g/mol. The Hall–Kier alpha value is -1.49. The topological polar surface area (TPSA) is 32.3 Å². The lowest BCUT2D eigenvalue weighted by molar-refractivity contribution is 0.0950. The Labute approximate surface area is 140 Å². The van der Waals surface area contributed by atoms with Crippen molar-refractivity contribution < 1.29 is 4.79 Å². The summed E-state index contributed by atoms with van der Waals surface area (Å²) in [6.45, 7) is 2.41. The van der Waals surface area contributed by atoms with E-state index in [0.29, 0.717) is 17.1 Å². The molecule has 116 valence electrons. The number of benzene rings is 2. The summed E-state index contributed by atoms with van der Waals surface area (Å²) in [5.74, 6) is -0.0707. The van der Waals surface area contributed by atoms with Gasteiger partial charge >= 0.3 is 0 Å². The standard InChI is InChI=1S/C17H19ClN2OS/c1-12-7-8-15(22-20(2)3)10-16(12)17(21)19-11-13-5-4-6-14(18)9-13/h4-10H,11H2,1-3H3,(H,19,21). The molecule has 0 saturated carbocycles. The van der Waals surface area contributed by atoms with Crippen molar-refractivity contribution in [1.29, 1.82) is 0 Å². The van der Waals surface area contributed by atoms with Crippen molar-refractivity contribution >= 4 is 29.5 Å². The SMILES string of the molecule is Cc1ccc(SN(C)C)cc1C(=O)NCc1cccc(Cl)c1. The lowest BCUT2D eigenvalue weighted by Crippen LogP contribution is -2.23. The average Bonchev–Trinajstić information content (AvgIpc) is 2.46. The summed E-state index contributed by atoms with van der Waals surface area (Å²) in [6.07, 6.45) is 0. The Kier molecular flexibility index (Phi) is 5.89. The van der Waals surface area contributed by atoms with Crippen molar-refractivity contribution in [2.75, 3.05) is 14.1 Å². The van der Waals surface area contributed by atoms with Crippen molar-refractivity contribution in [3.8, 4) is 0 Å². The molecule has 0 spiro atoms. The predicted molar refractivity (Wildman–Crippen MR) is 93.3 cm³/mol. The summed E-state index contributed by atoms with van der Waals surface area (Å²) in [7, 11) is 3.95. The van der Waals surface area contributed by atoms with Gasteiger partial charge in [-0.1, -0.05) is 29.8 Å². The van der Waals surface area contributed by atoms with E-state index in [1.165, 1.54) is 0 Å². The Morgan fingerprint density at radius 3 is 2.68 bits per heavy atom. The van der Waals surface area contributed by atoms with Crippen molar-refractivity contribution in [2.45, 2.75) is 18.4 Å². The Bertz CT molecular complexity index is 673. The van der Waals surface area contributed by atoms with Crippen molar-refractivity contribution in [3.05, 3.63) is 64.2 Å². The third-order valence-corrected chi connectivity index (χ3v) is 4.15. The zero-order valence-electron chi connectivity index (χ0n) is 12.9. The minimum Gasteiger partial charge on any atom is -0.348 e. The molecule has 3 nitrogen and oxygen atoms in total. The fourth-order valence-corrected chi connectivity index (χ4v) is 2.97. The van der Waals surface area contributed by atoms with Crippen LogP contribution in [0.5, 0.6) is 0 Å². The molecule has 0 radical (unpaired) electrons. The quantitative estimate of drug-likeness (QED) is 0.834. The van der Waals surface area contributed by atoms with E-state index in [9.17, 15) is 4.79 Å². The number of hydrogen-bond acceptors (Lipinski definition) is 3. The molecule has 0 bridgehead atoms. The molecule has 5 heteroatoms. The van der Waals surface area contributed by atoms with Gasteiger partial charge in [-0.3, -0.25) is 9.10 Å². The van der Waals surface area contributed by atoms with Crippen LogP contribution in [0.1, 0.15) is 21.5 Å². The molecule has 0 aliphatic carbocycles. The highest BCUT2D eigenvalue weighted by atomic mass is 35.5. The van der Waals surface area contributed by atoms with Gasteiger partial charge in [0.25, 0.3) is 5.91 Å². The molecule has 0 heterocycles. The second kappa shape index (κ2) is 7.68. The molecule has 0 saturated heterocycles. The first-order valence-electron chi connectivity index (χ1n) is 6.94. The molecule has 1 N–H and O–H groups in total. The minimum atomic E-state index is -0.0707. The molecule has 22 heavy (non-hydrogen) atoms. The summed E-state index contributed by atoms with van der Waals surface area (Å²) >= 11 is 7.54. The van der Waals surface area contributed by atoms with Crippen LogP contribution in [0.3, 0.4) is 0 Å². The van der Waals surface area contributed by atoms with Gasteiger partial charge in [0.2, 0.25) is 0 Å². The molecule has 0 atom stereocenters. The number of halogens is 1. The highest BCUT2D eigenvalue weighted by molar-refractivity contribution is 7.97. The first kappa shape index (κ1) is 16.9. The Morgan fingerprint density at radius 2 is 2.00 bits per heavy atom. The normalized spacial score (nSPS) is 10.8. The number of carbonyl (C=O) groups is 1. The van der Waals surface area contributed by atoms with E-state index in [0.717, 1.165) is 16.0 Å². The number of nitrogens with one attached hydrogen (secondary N) is 1. The van der Waals surface area contributed by atoms with Crippen LogP contribution in [0.2, 0.25) is 5.02 Å². The second-order valence-corrected chi connectivity index (χ2v) is 7.01. The van der Waals surface area contributed by atoms with Gasteiger partial charge in [0, 0.05) is 22.0 Å². The van der Waals surface area contributed by atoms with Crippen LogP contribution in [0.15, 0.2) is 47.4 Å². The fourth-order valence-electron chi connectivity index (χ4n) is 2.04. The molecule has 0 aliphatic heterocycles. The van der Waals surface area contributed by atoms with E-state index < -0.39 is 0 Å². The molecule has 0 fully saturated rings. The summed E-state index contributed by atoms with van der Waals surface area (Å²) in [6, 6.07) is 13.4. The monoisotopic (exact) mass is 334 g/mol. The van der Waals surface area contributed by atoms with Crippen LogP contribution >= 0.6 is 23.5 Å². The van der Waals surface area contributed by atoms with E-state index in [1.807, 2.05) is 67.8 Å². The summed E-state index contributed by atoms with van der Waals surface area (Å²) in [5.41, 5.74) is 2.65. The van der Waals surface area contributed by atoms with Crippen LogP contribution in [-0.2, 0) is 6.54 Å². The van der Waals surface area contributed by atoms with Gasteiger partial charge in [-0.15, -0.1) is 0 Å². The van der Waals surface area contributed by atoms with Gasteiger partial charge in [0.1, 0.15) is 0 Å². The van der Waals surface area contributed by atoms with Gasteiger partial charge in [0.15, 0.2) is 0 Å². The highest BCUT2D eigenvalue weighted by Crippen LogP contribution is 2.22. The number of aryl methyl sites for hydroxylation is 1. The lowest BCUT2D eigenvalue weighted by atomic mass is 10.1. The molecule has 0 aliphatic rings. The molecule has 0 aromatic heterocycles. The van der Waals surface area contributed by atoms with E-state index in [4.69, 9.17) is 11.6 Å². The van der Waals surface area contributed by atoms with Crippen molar-refractivity contribution in [2.24, 2.45) is 0 Å². The first-order chi connectivity index (χ1) is 10.5. The first-order valence-corrected chi connectivity index (χ1v) is 8.09. The van der Waals surface area contributed by atoms with Gasteiger partial charge in [0.05, 0.1) is 0 Å². The number of carbonyl (C=O) groups excluding carboxylic acids is 1. The third-order valence-electron chi connectivity index (χ3n) is 3.08. The maximum absolute atomic E-state index is 12.4. The Balaban J connectivity index is 2.08. The van der Waals surface area contributed by atoms with E-state index in [1.54, 1.807) is 11.9 Å². The van der Waals surface area contributed by atoms with Gasteiger partial charge in [-0.2, -0.15) is 0 Å². The van der Waals surface area contributed by atoms with Crippen molar-refractivity contribution in [3.63, 3.8) is 0 Å². The second-order valence-electron chi connectivity index (χ2n) is 5.19. The van der Waals surface area contributed by atoms with Gasteiger partial charge < -0.3 is 5.32 Å². The molecule has 0 unspecified atom stereocenters. The van der Waals surface area contributed by atoms with Gasteiger partial charge in [-0.05, 0) is 68.4 Å². The van der Waals surface area contributed by atoms with E-state index >= 15 is 0 Å². The van der Waals surface area contributed by atoms with Crippen LogP contribution in [0.25, 0.3) is 0 Å². The molecular formula is C17H19ClN2OS. The van der Waals surface area contributed by atoms with Crippen molar-refractivity contribution in [1.82, 2.24) is 9.62 Å². The Morgan fingerprint density at radius 1 is 1.23 bits per heavy atom. The maximum Gasteiger partial charge on any atom is 0.251 e. The molecule has 2 rings (SSSR count). The van der Waals surface area contributed by atoms with E-state index in [2.05, 4.69) is 5.32 Å². The number of nitrogens with zero attached hydrogens (tertiary/aromatic N) is 1.